The van der Waals surface area contributed by atoms with Gasteiger partial charge in [-0.15, -0.1) is 0 Å². The van der Waals surface area contributed by atoms with E-state index in [9.17, 15) is 9.59 Å². The molecule has 1 heterocycles. The molecule has 130 valence electrons. The largest absolute Gasteiger partial charge is 0.493 e. The van der Waals surface area contributed by atoms with Crippen LogP contribution in [-0.2, 0) is 0 Å². The number of rotatable bonds is 4. The summed E-state index contributed by atoms with van der Waals surface area (Å²) in [6.07, 6.45) is 0.723. The smallest absolute Gasteiger partial charge is 0.319 e. The van der Waals surface area contributed by atoms with Crippen molar-refractivity contribution in [2.75, 3.05) is 18.5 Å². The van der Waals surface area contributed by atoms with Gasteiger partial charge in [0.15, 0.2) is 0 Å². The molecule has 0 fully saturated rings. The van der Waals surface area contributed by atoms with E-state index in [1.165, 1.54) is 0 Å². The maximum atomic E-state index is 12.3. The molecule has 3 rings (SSSR count). The first-order valence-electron chi connectivity index (χ1n) is 8.35. The third-order valence-electron chi connectivity index (χ3n) is 4.01. The summed E-state index contributed by atoms with van der Waals surface area (Å²) in [7, 11) is 0. The second kappa shape index (κ2) is 7.70. The number of hydrogen-bond acceptors (Lipinski definition) is 3. The van der Waals surface area contributed by atoms with Crippen molar-refractivity contribution in [1.82, 2.24) is 10.6 Å². The van der Waals surface area contributed by atoms with Gasteiger partial charge < -0.3 is 20.7 Å². The number of anilines is 1. The number of benzene rings is 2. The van der Waals surface area contributed by atoms with Crippen molar-refractivity contribution >= 4 is 17.6 Å². The number of nitrogens with one attached hydrogen (secondary N) is 3. The van der Waals surface area contributed by atoms with Gasteiger partial charge in [0, 0.05) is 29.8 Å². The Morgan fingerprint density at radius 3 is 2.64 bits per heavy atom. The number of para-hydroxylation sites is 1. The Bertz CT molecular complexity index is 759. The van der Waals surface area contributed by atoms with Crippen LogP contribution in [0, 0.1) is 0 Å². The van der Waals surface area contributed by atoms with Gasteiger partial charge >= 0.3 is 6.03 Å². The van der Waals surface area contributed by atoms with E-state index in [0.717, 1.165) is 17.7 Å². The molecule has 3 N–H and O–H groups in total. The number of amides is 3. The fourth-order valence-electron chi connectivity index (χ4n) is 2.78. The van der Waals surface area contributed by atoms with Gasteiger partial charge in [-0.1, -0.05) is 18.2 Å². The second-order valence-corrected chi connectivity index (χ2v) is 5.76. The highest BCUT2D eigenvalue weighted by Gasteiger charge is 2.22. The molecule has 6 nitrogen and oxygen atoms in total. The minimum atomic E-state index is -0.285. The number of hydrogen-bond donors (Lipinski definition) is 3. The Morgan fingerprint density at radius 1 is 1.12 bits per heavy atom. The minimum absolute atomic E-state index is 0.0837. The Hall–Kier alpha value is -3.02. The van der Waals surface area contributed by atoms with Crippen LogP contribution in [-0.4, -0.2) is 25.1 Å². The molecule has 0 radical (unpaired) electrons. The summed E-state index contributed by atoms with van der Waals surface area (Å²) in [5.41, 5.74) is 2.17. The maximum absolute atomic E-state index is 12.3. The second-order valence-electron chi connectivity index (χ2n) is 5.76. The Labute approximate surface area is 146 Å². The van der Waals surface area contributed by atoms with Crippen molar-refractivity contribution in [3.63, 3.8) is 0 Å². The molecule has 0 bridgehead atoms. The summed E-state index contributed by atoms with van der Waals surface area (Å²) < 4.78 is 5.60. The zero-order valence-electron chi connectivity index (χ0n) is 14.0. The van der Waals surface area contributed by atoms with E-state index in [2.05, 4.69) is 16.0 Å². The molecule has 0 saturated carbocycles. The standard InChI is InChI=1S/C19H21N3O3/c1-2-20-18(23)13-7-9-14(10-8-13)21-19(24)22-16-11-12-25-17-6-4-3-5-15(16)17/h3-10,16H,2,11-12H2,1H3,(H,20,23)(H2,21,22,24). The lowest BCUT2D eigenvalue weighted by Crippen LogP contribution is -2.35. The van der Waals surface area contributed by atoms with Gasteiger partial charge in [-0.2, -0.15) is 0 Å². The number of carbonyl (C=O) groups is 2. The van der Waals surface area contributed by atoms with E-state index >= 15 is 0 Å². The van der Waals surface area contributed by atoms with Gasteiger partial charge in [0.25, 0.3) is 5.91 Å². The molecule has 0 aliphatic carbocycles. The normalized spacial score (nSPS) is 15.5. The highest BCUT2D eigenvalue weighted by atomic mass is 16.5. The number of ether oxygens (including phenoxy) is 1. The SMILES string of the molecule is CCNC(=O)c1ccc(NC(=O)NC2CCOc3ccccc32)cc1. The fourth-order valence-corrected chi connectivity index (χ4v) is 2.78. The molecule has 1 aliphatic heterocycles. The summed E-state index contributed by atoms with van der Waals surface area (Å²) in [6.45, 7) is 3.02. The van der Waals surface area contributed by atoms with E-state index in [1.807, 2.05) is 31.2 Å². The van der Waals surface area contributed by atoms with Crippen LogP contribution >= 0.6 is 0 Å². The predicted molar refractivity (Wildman–Crippen MR) is 95.9 cm³/mol. The third-order valence-corrected chi connectivity index (χ3v) is 4.01. The fraction of sp³-hybridized carbons (Fsp3) is 0.263. The van der Waals surface area contributed by atoms with Crippen molar-refractivity contribution in [2.45, 2.75) is 19.4 Å². The van der Waals surface area contributed by atoms with Crippen LogP contribution in [0.4, 0.5) is 10.5 Å². The molecule has 1 unspecified atom stereocenters. The van der Waals surface area contributed by atoms with E-state index < -0.39 is 0 Å². The van der Waals surface area contributed by atoms with Gasteiger partial charge in [-0.25, -0.2) is 4.79 Å². The van der Waals surface area contributed by atoms with Crippen LogP contribution in [0.15, 0.2) is 48.5 Å². The Balaban J connectivity index is 1.61. The molecule has 25 heavy (non-hydrogen) atoms. The van der Waals surface area contributed by atoms with Crippen molar-refractivity contribution in [1.29, 1.82) is 0 Å². The average Bonchev–Trinajstić information content (AvgIpc) is 2.63. The quantitative estimate of drug-likeness (QED) is 0.801. The summed E-state index contributed by atoms with van der Waals surface area (Å²) in [5.74, 6) is 0.683. The van der Waals surface area contributed by atoms with E-state index in [-0.39, 0.29) is 18.0 Å². The minimum Gasteiger partial charge on any atom is -0.493 e. The van der Waals surface area contributed by atoms with Crippen molar-refractivity contribution < 1.29 is 14.3 Å². The van der Waals surface area contributed by atoms with Crippen LogP contribution < -0.4 is 20.7 Å². The zero-order valence-corrected chi connectivity index (χ0v) is 14.0. The summed E-state index contributed by atoms with van der Waals surface area (Å²) >= 11 is 0. The number of carbonyl (C=O) groups excluding carboxylic acids is 2. The lowest BCUT2D eigenvalue weighted by atomic mass is 10.0. The molecule has 0 saturated heterocycles. The first-order valence-corrected chi connectivity index (χ1v) is 8.35. The lowest BCUT2D eigenvalue weighted by Gasteiger charge is -2.26. The maximum Gasteiger partial charge on any atom is 0.319 e. The van der Waals surface area contributed by atoms with Crippen molar-refractivity contribution in [3.05, 3.63) is 59.7 Å². The van der Waals surface area contributed by atoms with Gasteiger partial charge in [0.1, 0.15) is 5.75 Å². The first kappa shape index (κ1) is 16.8. The number of urea groups is 1. The van der Waals surface area contributed by atoms with E-state index in [0.29, 0.717) is 24.4 Å². The Kier molecular flexibility index (Phi) is 5.18. The molecule has 1 aliphatic rings. The Morgan fingerprint density at radius 2 is 1.88 bits per heavy atom. The monoisotopic (exact) mass is 339 g/mol. The molecule has 0 spiro atoms. The third kappa shape index (κ3) is 4.09. The van der Waals surface area contributed by atoms with Gasteiger partial charge in [-0.3, -0.25) is 4.79 Å². The molecule has 3 amide bonds. The average molecular weight is 339 g/mol. The van der Waals surface area contributed by atoms with E-state index in [1.54, 1.807) is 24.3 Å². The highest BCUT2D eigenvalue weighted by Crippen LogP contribution is 2.31. The molecule has 0 aromatic heterocycles. The van der Waals surface area contributed by atoms with Crippen LogP contribution in [0.25, 0.3) is 0 Å². The van der Waals surface area contributed by atoms with Crippen molar-refractivity contribution in [3.8, 4) is 5.75 Å². The van der Waals surface area contributed by atoms with Crippen LogP contribution in [0.2, 0.25) is 0 Å². The predicted octanol–water partition coefficient (Wildman–Crippen LogP) is 3.08. The summed E-state index contributed by atoms with van der Waals surface area (Å²) in [6, 6.07) is 14.1. The van der Waals surface area contributed by atoms with Crippen LogP contribution in [0.3, 0.4) is 0 Å². The van der Waals surface area contributed by atoms with Crippen LogP contribution in [0.1, 0.15) is 35.3 Å². The summed E-state index contributed by atoms with van der Waals surface area (Å²) in [4.78, 5) is 24.0. The molecular weight excluding hydrogens is 318 g/mol. The first-order chi connectivity index (χ1) is 12.2. The van der Waals surface area contributed by atoms with Crippen LogP contribution in [0.5, 0.6) is 5.75 Å². The van der Waals surface area contributed by atoms with Gasteiger partial charge in [0.2, 0.25) is 0 Å². The van der Waals surface area contributed by atoms with E-state index in [4.69, 9.17) is 4.74 Å². The molecule has 2 aromatic rings. The lowest BCUT2D eigenvalue weighted by molar-refractivity contribution is 0.0956. The van der Waals surface area contributed by atoms with Crippen molar-refractivity contribution in [2.24, 2.45) is 0 Å². The molecule has 1 atom stereocenters. The number of fused-ring (bicyclic) bond motifs is 1. The van der Waals surface area contributed by atoms with Gasteiger partial charge in [0.05, 0.1) is 12.6 Å². The molecule has 6 heteroatoms. The highest BCUT2D eigenvalue weighted by molar-refractivity contribution is 5.95. The molecular formula is C19H21N3O3. The summed E-state index contributed by atoms with van der Waals surface area (Å²) in [5, 5.41) is 8.50. The van der Waals surface area contributed by atoms with Gasteiger partial charge in [-0.05, 0) is 37.3 Å². The zero-order chi connectivity index (χ0) is 17.6. The topological polar surface area (TPSA) is 79.5 Å². The molecule has 2 aromatic carbocycles.